The van der Waals surface area contributed by atoms with Crippen LogP contribution in [0.4, 0.5) is 4.39 Å². The minimum Gasteiger partial charge on any atom is -0.494 e. The Kier molecular flexibility index (Phi) is 8.22. The Balaban J connectivity index is 2.92. The monoisotopic (exact) mass is 300 g/mol. The van der Waals surface area contributed by atoms with Crippen molar-refractivity contribution >= 4 is 0 Å². The highest BCUT2D eigenvalue weighted by Gasteiger charge is 2.20. The summed E-state index contributed by atoms with van der Waals surface area (Å²) in [7, 11) is 4.75. The average molecular weight is 300 g/mol. The highest BCUT2D eigenvalue weighted by molar-refractivity contribution is 5.31. The summed E-state index contributed by atoms with van der Waals surface area (Å²) >= 11 is 0. The third-order valence-electron chi connectivity index (χ3n) is 3.39. The lowest BCUT2D eigenvalue weighted by molar-refractivity contribution is 0.0890. The second kappa shape index (κ2) is 9.68. The number of nitrogens with zero attached hydrogens (tertiary/aromatic N) is 1. The van der Waals surface area contributed by atoms with Gasteiger partial charge in [-0.25, -0.2) is 4.39 Å². The third-order valence-corrected chi connectivity index (χ3v) is 3.39. The average Bonchev–Trinajstić information content (AvgIpc) is 2.50. The van der Waals surface area contributed by atoms with E-state index in [2.05, 4.69) is 4.90 Å². The molecule has 120 valence electrons. The summed E-state index contributed by atoms with van der Waals surface area (Å²) in [6.07, 6.45) is 0. The van der Waals surface area contributed by atoms with Crippen LogP contribution in [0.25, 0.3) is 0 Å². The number of hydrogen-bond acceptors (Lipinski definition) is 5. The molecule has 0 aliphatic carbocycles. The molecule has 1 aromatic rings. The zero-order valence-electron chi connectivity index (χ0n) is 13.0. The lowest BCUT2D eigenvalue weighted by Crippen LogP contribution is -2.38. The Hall–Kier alpha value is -1.21. The van der Waals surface area contributed by atoms with Gasteiger partial charge in [-0.15, -0.1) is 0 Å². The minimum atomic E-state index is -0.383. The molecule has 0 radical (unpaired) electrons. The Labute approximate surface area is 125 Å². The summed E-state index contributed by atoms with van der Waals surface area (Å²) in [5.41, 5.74) is 6.72. The van der Waals surface area contributed by atoms with Crippen LogP contribution >= 0.6 is 0 Å². The maximum absolute atomic E-state index is 13.9. The maximum Gasteiger partial charge on any atom is 0.165 e. The summed E-state index contributed by atoms with van der Waals surface area (Å²) in [6.45, 7) is 2.96. The molecule has 1 atom stereocenters. The van der Waals surface area contributed by atoms with E-state index in [-0.39, 0.29) is 17.6 Å². The van der Waals surface area contributed by atoms with E-state index >= 15 is 0 Å². The highest BCUT2D eigenvalue weighted by atomic mass is 19.1. The molecule has 0 aromatic heterocycles. The largest absolute Gasteiger partial charge is 0.494 e. The second-order valence-corrected chi connectivity index (χ2v) is 4.67. The van der Waals surface area contributed by atoms with Crippen LogP contribution in [0.3, 0.4) is 0 Å². The zero-order valence-corrected chi connectivity index (χ0v) is 13.0. The van der Waals surface area contributed by atoms with Crippen LogP contribution in [0.1, 0.15) is 11.6 Å². The molecule has 21 heavy (non-hydrogen) atoms. The number of ether oxygens (including phenoxy) is 3. The van der Waals surface area contributed by atoms with Crippen LogP contribution in [-0.2, 0) is 9.47 Å². The van der Waals surface area contributed by atoms with Crippen LogP contribution < -0.4 is 10.5 Å². The molecule has 2 N–H and O–H groups in total. The van der Waals surface area contributed by atoms with E-state index < -0.39 is 0 Å². The molecule has 0 heterocycles. The lowest BCUT2D eigenvalue weighted by Gasteiger charge is -2.31. The molecule has 0 aliphatic heterocycles. The fourth-order valence-corrected chi connectivity index (χ4v) is 2.23. The van der Waals surface area contributed by atoms with Crippen LogP contribution in [0, 0.1) is 5.82 Å². The zero-order chi connectivity index (χ0) is 15.7. The normalized spacial score (nSPS) is 12.7. The number of halogens is 1. The minimum absolute atomic E-state index is 0.0873. The van der Waals surface area contributed by atoms with E-state index in [4.69, 9.17) is 19.9 Å². The Morgan fingerprint density at radius 3 is 2.19 bits per heavy atom. The maximum atomic E-state index is 13.9. The Morgan fingerprint density at radius 1 is 1.14 bits per heavy atom. The van der Waals surface area contributed by atoms with E-state index in [1.54, 1.807) is 20.3 Å². The molecule has 0 aliphatic rings. The molecule has 1 aromatic carbocycles. The van der Waals surface area contributed by atoms with Crippen molar-refractivity contribution in [3.63, 3.8) is 0 Å². The first-order valence-electron chi connectivity index (χ1n) is 6.93. The lowest BCUT2D eigenvalue weighted by atomic mass is 10.0. The fraction of sp³-hybridized carbons (Fsp3) is 0.600. The quantitative estimate of drug-likeness (QED) is 0.708. The molecule has 0 fully saturated rings. The van der Waals surface area contributed by atoms with Crippen molar-refractivity contribution in [2.45, 2.75) is 6.04 Å². The van der Waals surface area contributed by atoms with Gasteiger partial charge < -0.3 is 19.9 Å². The smallest absolute Gasteiger partial charge is 0.165 e. The summed E-state index contributed by atoms with van der Waals surface area (Å²) in [5, 5.41) is 0. The van der Waals surface area contributed by atoms with Crippen molar-refractivity contribution in [3.8, 4) is 5.75 Å². The molecule has 0 saturated carbocycles. The van der Waals surface area contributed by atoms with Gasteiger partial charge in [0.05, 0.1) is 20.3 Å². The van der Waals surface area contributed by atoms with Gasteiger partial charge in [-0.2, -0.15) is 0 Å². The molecular weight excluding hydrogens is 275 g/mol. The van der Waals surface area contributed by atoms with Crippen LogP contribution in [0.15, 0.2) is 18.2 Å². The first-order valence-corrected chi connectivity index (χ1v) is 6.93. The third kappa shape index (κ3) is 5.24. The molecular formula is C15H25FN2O3. The molecule has 5 nitrogen and oxygen atoms in total. The van der Waals surface area contributed by atoms with Crippen molar-refractivity contribution in [3.05, 3.63) is 29.6 Å². The first kappa shape index (κ1) is 17.8. The van der Waals surface area contributed by atoms with Crippen molar-refractivity contribution < 1.29 is 18.6 Å². The summed E-state index contributed by atoms with van der Waals surface area (Å²) in [4.78, 5) is 2.13. The molecule has 0 spiro atoms. The van der Waals surface area contributed by atoms with Crippen LogP contribution in [-0.4, -0.2) is 59.1 Å². The molecule has 1 unspecified atom stereocenters. The number of hydrogen-bond donors (Lipinski definition) is 1. The number of benzene rings is 1. The van der Waals surface area contributed by atoms with Gasteiger partial charge in [0.2, 0.25) is 0 Å². The van der Waals surface area contributed by atoms with E-state index in [9.17, 15) is 4.39 Å². The molecule has 6 heteroatoms. The van der Waals surface area contributed by atoms with Crippen LogP contribution in [0.5, 0.6) is 5.75 Å². The predicted molar refractivity (Wildman–Crippen MR) is 80.1 cm³/mol. The van der Waals surface area contributed by atoms with Gasteiger partial charge in [-0.1, -0.05) is 6.07 Å². The highest BCUT2D eigenvalue weighted by Crippen LogP contribution is 2.25. The number of nitrogens with two attached hydrogens (primary N) is 1. The van der Waals surface area contributed by atoms with Gasteiger partial charge in [0.1, 0.15) is 0 Å². The fourth-order valence-electron chi connectivity index (χ4n) is 2.23. The SMILES string of the molecule is COCCN(CCOC)C(CN)c1ccc(OC)c(F)c1. The molecule has 0 amide bonds. The summed E-state index contributed by atoms with van der Waals surface area (Å²) in [5.74, 6) is -0.151. The van der Waals surface area contributed by atoms with Crippen molar-refractivity contribution in [2.24, 2.45) is 5.73 Å². The van der Waals surface area contributed by atoms with Gasteiger partial charge in [-0.05, 0) is 17.7 Å². The van der Waals surface area contributed by atoms with Crippen molar-refractivity contribution in [2.75, 3.05) is 54.2 Å². The van der Waals surface area contributed by atoms with Crippen LogP contribution in [0.2, 0.25) is 0 Å². The van der Waals surface area contributed by atoms with Crippen molar-refractivity contribution in [1.82, 2.24) is 4.90 Å². The van der Waals surface area contributed by atoms with E-state index in [1.165, 1.54) is 13.2 Å². The van der Waals surface area contributed by atoms with Gasteiger partial charge in [0, 0.05) is 39.9 Å². The Morgan fingerprint density at radius 2 is 1.76 bits per heavy atom. The van der Waals surface area contributed by atoms with E-state index in [1.807, 2.05) is 6.07 Å². The summed E-state index contributed by atoms with van der Waals surface area (Å²) < 4.78 is 29.1. The topological polar surface area (TPSA) is 57.0 Å². The van der Waals surface area contributed by atoms with E-state index in [0.29, 0.717) is 32.8 Å². The Bertz CT molecular complexity index is 410. The second-order valence-electron chi connectivity index (χ2n) is 4.67. The van der Waals surface area contributed by atoms with Crippen molar-refractivity contribution in [1.29, 1.82) is 0 Å². The first-order chi connectivity index (χ1) is 10.2. The number of methoxy groups -OCH3 is 3. The predicted octanol–water partition coefficient (Wildman–Crippen LogP) is 1.43. The summed E-state index contributed by atoms with van der Waals surface area (Å²) in [6, 6.07) is 4.85. The molecule has 0 bridgehead atoms. The standard InChI is InChI=1S/C15H25FN2O3/c1-19-8-6-18(7-9-20-2)14(11-17)12-4-5-15(21-3)13(16)10-12/h4-5,10,14H,6-9,11,17H2,1-3H3. The van der Waals surface area contributed by atoms with E-state index in [0.717, 1.165) is 5.56 Å². The van der Waals surface area contributed by atoms with Gasteiger partial charge in [0.15, 0.2) is 11.6 Å². The van der Waals surface area contributed by atoms with Gasteiger partial charge in [-0.3, -0.25) is 4.90 Å². The number of rotatable bonds is 10. The molecule has 1 rings (SSSR count). The van der Waals surface area contributed by atoms with Gasteiger partial charge in [0.25, 0.3) is 0 Å². The van der Waals surface area contributed by atoms with Gasteiger partial charge >= 0.3 is 0 Å². The molecule has 0 saturated heterocycles.